The van der Waals surface area contributed by atoms with E-state index in [-0.39, 0.29) is 12.1 Å². The first kappa shape index (κ1) is 26.4. The fourth-order valence-electron chi connectivity index (χ4n) is 6.05. The highest BCUT2D eigenvalue weighted by atomic mass is 35.5. The minimum atomic E-state index is -0.255. The minimum Gasteiger partial charge on any atom is -0.493 e. The topological polar surface area (TPSA) is 72.1 Å². The first-order chi connectivity index (χ1) is 17.3. The average Bonchev–Trinajstić information content (AvgIpc) is 3.02. The third kappa shape index (κ3) is 6.01. The van der Waals surface area contributed by atoms with E-state index >= 15 is 0 Å². The number of amides is 2. The van der Waals surface area contributed by atoms with Gasteiger partial charge < -0.3 is 24.8 Å². The zero-order valence-electron chi connectivity index (χ0n) is 21.8. The van der Waals surface area contributed by atoms with Crippen molar-refractivity contribution < 1.29 is 19.0 Å². The van der Waals surface area contributed by atoms with E-state index in [2.05, 4.69) is 41.5 Å². The molecule has 2 amide bonds. The summed E-state index contributed by atoms with van der Waals surface area (Å²) in [5.74, 6) is 2.84. The predicted octanol–water partition coefficient (Wildman–Crippen LogP) is 5.61. The maximum absolute atomic E-state index is 12.8. The van der Waals surface area contributed by atoms with Crippen molar-refractivity contribution in [2.75, 3.05) is 33.2 Å². The van der Waals surface area contributed by atoms with Crippen molar-refractivity contribution in [3.05, 3.63) is 47.0 Å². The molecule has 36 heavy (non-hydrogen) atoms. The molecule has 2 aromatic carbocycles. The molecule has 0 aliphatic carbocycles. The zero-order valence-corrected chi connectivity index (χ0v) is 22.6. The van der Waals surface area contributed by atoms with Crippen molar-refractivity contribution in [1.82, 2.24) is 10.2 Å². The SMILES string of the molecule is COc1cc(NC(=O)NC(C)CN2C3CC(Cc4ccc(Cl)cc4)CC2C(C)C3)cc(OC)c1OC. The summed E-state index contributed by atoms with van der Waals surface area (Å²) in [7, 11) is 4.66. The number of halogens is 1. The smallest absolute Gasteiger partial charge is 0.319 e. The Kier molecular flexibility index (Phi) is 8.52. The monoisotopic (exact) mass is 515 g/mol. The van der Waals surface area contributed by atoms with Crippen molar-refractivity contribution >= 4 is 23.3 Å². The van der Waals surface area contributed by atoms with Gasteiger partial charge in [0, 0.05) is 41.8 Å². The number of hydrogen-bond acceptors (Lipinski definition) is 5. The van der Waals surface area contributed by atoms with Gasteiger partial charge in [0.05, 0.1) is 27.0 Å². The van der Waals surface area contributed by atoms with Crippen LogP contribution in [-0.2, 0) is 6.42 Å². The summed E-state index contributed by atoms with van der Waals surface area (Å²) in [6, 6.07) is 12.6. The maximum atomic E-state index is 12.8. The largest absolute Gasteiger partial charge is 0.493 e. The second kappa shape index (κ2) is 11.6. The maximum Gasteiger partial charge on any atom is 0.319 e. The molecule has 2 bridgehead atoms. The van der Waals surface area contributed by atoms with Gasteiger partial charge in [-0.3, -0.25) is 4.90 Å². The van der Waals surface area contributed by atoms with Crippen LogP contribution in [0.1, 0.15) is 38.7 Å². The van der Waals surface area contributed by atoms with Crippen LogP contribution in [0, 0.1) is 11.8 Å². The predicted molar refractivity (Wildman–Crippen MR) is 144 cm³/mol. The van der Waals surface area contributed by atoms with Gasteiger partial charge in [0.15, 0.2) is 11.5 Å². The van der Waals surface area contributed by atoms with Crippen LogP contribution in [0.15, 0.2) is 36.4 Å². The molecule has 2 aliphatic rings. The van der Waals surface area contributed by atoms with Crippen LogP contribution in [0.4, 0.5) is 10.5 Å². The Morgan fingerprint density at radius 3 is 2.31 bits per heavy atom. The summed E-state index contributed by atoms with van der Waals surface area (Å²) in [5, 5.41) is 6.79. The molecule has 2 fully saturated rings. The molecule has 196 valence electrons. The van der Waals surface area contributed by atoms with E-state index in [4.69, 9.17) is 25.8 Å². The fourth-order valence-corrected chi connectivity index (χ4v) is 6.18. The fraction of sp³-hybridized carbons (Fsp3) is 0.536. The molecular weight excluding hydrogens is 478 g/mol. The van der Waals surface area contributed by atoms with Crippen molar-refractivity contribution in [2.24, 2.45) is 11.8 Å². The van der Waals surface area contributed by atoms with Gasteiger partial charge in [-0.1, -0.05) is 30.7 Å². The Balaban J connectivity index is 1.33. The van der Waals surface area contributed by atoms with Crippen LogP contribution in [0.5, 0.6) is 17.2 Å². The summed E-state index contributed by atoms with van der Waals surface area (Å²) in [5.41, 5.74) is 1.94. The lowest BCUT2D eigenvalue weighted by atomic mass is 9.85. The lowest BCUT2D eigenvalue weighted by Gasteiger charge is -2.41. The molecule has 0 radical (unpaired) electrons. The van der Waals surface area contributed by atoms with Gasteiger partial charge in [-0.05, 0) is 62.1 Å². The van der Waals surface area contributed by atoms with Crippen LogP contribution >= 0.6 is 11.6 Å². The number of nitrogens with one attached hydrogen (secondary N) is 2. The molecule has 2 heterocycles. The van der Waals surface area contributed by atoms with Crippen LogP contribution in [0.3, 0.4) is 0 Å². The zero-order chi connectivity index (χ0) is 25.8. The normalized spacial score (nSPS) is 24.2. The lowest BCUT2D eigenvalue weighted by Crippen LogP contribution is -2.51. The Hall–Kier alpha value is -2.64. The molecule has 0 aromatic heterocycles. The van der Waals surface area contributed by atoms with Crippen LogP contribution < -0.4 is 24.8 Å². The molecule has 2 aliphatic heterocycles. The lowest BCUT2D eigenvalue weighted by molar-refractivity contribution is 0.0875. The van der Waals surface area contributed by atoms with Gasteiger partial charge in [0.25, 0.3) is 0 Å². The van der Waals surface area contributed by atoms with Gasteiger partial charge in [-0.15, -0.1) is 0 Å². The number of methoxy groups -OCH3 is 3. The van der Waals surface area contributed by atoms with Crippen molar-refractivity contribution in [3.8, 4) is 17.2 Å². The van der Waals surface area contributed by atoms with Crippen LogP contribution in [0.25, 0.3) is 0 Å². The molecule has 0 spiro atoms. The number of anilines is 1. The van der Waals surface area contributed by atoms with E-state index < -0.39 is 0 Å². The summed E-state index contributed by atoms with van der Waals surface area (Å²) in [6.07, 6.45) is 4.74. The number of urea groups is 1. The second-order valence-electron chi connectivity index (χ2n) is 10.2. The van der Waals surface area contributed by atoms with Gasteiger partial charge >= 0.3 is 6.03 Å². The number of hydrogen-bond donors (Lipinski definition) is 2. The molecule has 2 aromatic rings. The van der Waals surface area contributed by atoms with Crippen LogP contribution in [0.2, 0.25) is 5.02 Å². The molecule has 7 nitrogen and oxygen atoms in total. The van der Waals surface area contributed by atoms with Crippen molar-refractivity contribution in [2.45, 2.75) is 57.7 Å². The molecule has 2 saturated heterocycles. The number of benzene rings is 2. The first-order valence-corrected chi connectivity index (χ1v) is 13.1. The molecule has 0 saturated carbocycles. The summed E-state index contributed by atoms with van der Waals surface area (Å²) in [4.78, 5) is 15.4. The van der Waals surface area contributed by atoms with Gasteiger partial charge in [0.2, 0.25) is 5.75 Å². The molecule has 5 atom stereocenters. The molecule has 2 N–H and O–H groups in total. The van der Waals surface area contributed by atoms with E-state index in [9.17, 15) is 4.79 Å². The molecular formula is C28H38ClN3O4. The second-order valence-corrected chi connectivity index (χ2v) is 10.6. The first-order valence-electron chi connectivity index (χ1n) is 12.7. The Bertz CT molecular complexity index is 1020. The van der Waals surface area contributed by atoms with E-state index in [1.54, 1.807) is 33.5 Å². The van der Waals surface area contributed by atoms with Gasteiger partial charge in [-0.25, -0.2) is 4.79 Å². The number of rotatable bonds is 9. The quantitative estimate of drug-likeness (QED) is 0.454. The van der Waals surface area contributed by atoms with Crippen LogP contribution in [-0.4, -0.2) is 56.9 Å². The average molecular weight is 516 g/mol. The van der Waals surface area contributed by atoms with E-state index in [1.165, 1.54) is 24.8 Å². The number of nitrogens with zero attached hydrogens (tertiary/aromatic N) is 1. The summed E-state index contributed by atoms with van der Waals surface area (Å²) in [6.45, 7) is 5.28. The standard InChI is InChI=1S/C28H38ClN3O4/c1-17-10-23-12-20(11-19-6-8-21(29)9-7-19)13-24(17)32(23)16-18(2)30-28(33)31-22-14-25(34-3)27(36-5)26(15-22)35-4/h6-9,14-15,17-18,20,23-24H,10-13,16H2,1-5H3,(H2,30,31,33). The Labute approximate surface area is 219 Å². The Morgan fingerprint density at radius 1 is 1.06 bits per heavy atom. The molecule has 8 heteroatoms. The summed E-state index contributed by atoms with van der Waals surface area (Å²) < 4.78 is 16.1. The number of carbonyl (C=O) groups is 1. The van der Waals surface area contributed by atoms with E-state index in [0.29, 0.717) is 46.9 Å². The highest BCUT2D eigenvalue weighted by Gasteiger charge is 2.44. The minimum absolute atomic E-state index is 0.00940. The number of fused-ring (bicyclic) bond motifs is 2. The van der Waals surface area contributed by atoms with E-state index in [0.717, 1.165) is 18.0 Å². The van der Waals surface area contributed by atoms with Gasteiger partial charge in [-0.2, -0.15) is 0 Å². The van der Waals surface area contributed by atoms with Gasteiger partial charge in [0.1, 0.15) is 0 Å². The van der Waals surface area contributed by atoms with Crippen molar-refractivity contribution in [3.63, 3.8) is 0 Å². The van der Waals surface area contributed by atoms with Crippen molar-refractivity contribution in [1.29, 1.82) is 0 Å². The number of piperidine rings is 1. The number of ether oxygens (including phenoxy) is 3. The third-order valence-electron chi connectivity index (χ3n) is 7.60. The van der Waals surface area contributed by atoms with E-state index in [1.807, 2.05) is 12.1 Å². The third-order valence-corrected chi connectivity index (χ3v) is 7.85. The summed E-state index contributed by atoms with van der Waals surface area (Å²) >= 11 is 6.06. The molecule has 4 rings (SSSR count). The highest BCUT2D eigenvalue weighted by Crippen LogP contribution is 2.43. The Morgan fingerprint density at radius 2 is 1.72 bits per heavy atom. The molecule has 5 unspecified atom stereocenters. The highest BCUT2D eigenvalue weighted by molar-refractivity contribution is 6.30. The number of carbonyl (C=O) groups excluding carboxylic acids is 1.